The third kappa shape index (κ3) is 3.64. The van der Waals surface area contributed by atoms with E-state index in [-0.39, 0.29) is 18.0 Å². The molecule has 3 aromatic rings. The first-order valence-electron chi connectivity index (χ1n) is 11.7. The molecule has 1 amide bonds. The molecule has 2 aliphatic heterocycles. The third-order valence-corrected chi connectivity index (χ3v) is 7.09. The summed E-state index contributed by atoms with van der Waals surface area (Å²) in [6, 6.07) is 8.20. The van der Waals surface area contributed by atoms with Gasteiger partial charge in [0.1, 0.15) is 5.82 Å². The number of anilines is 1. The van der Waals surface area contributed by atoms with Gasteiger partial charge in [0, 0.05) is 49.1 Å². The standard InChI is InChI=1S/C25H32N6O/c1-16-7-6-8-20(18(16)3)25(32)30-11-5-4-9-22(30)21-13-23-27-24(17(2)14-31(23)28-21)29-12-10-19(26)15-29/h6-8,13-14,19,22H,4-5,9-12,15,26H2,1-3H3/t19-,22?/m0/s1. The molecule has 0 spiro atoms. The van der Waals surface area contributed by atoms with Crippen molar-refractivity contribution in [2.45, 2.75) is 58.5 Å². The smallest absolute Gasteiger partial charge is 0.254 e. The van der Waals surface area contributed by atoms with Gasteiger partial charge in [-0.1, -0.05) is 12.1 Å². The molecule has 0 saturated carbocycles. The van der Waals surface area contributed by atoms with Crippen LogP contribution in [0.25, 0.3) is 5.65 Å². The molecule has 0 aliphatic carbocycles. The normalized spacial score (nSPS) is 21.5. The number of hydrogen-bond donors (Lipinski definition) is 1. The second-order valence-corrected chi connectivity index (χ2v) is 9.37. The van der Waals surface area contributed by atoms with Crippen LogP contribution >= 0.6 is 0 Å². The Morgan fingerprint density at radius 1 is 1.09 bits per heavy atom. The van der Waals surface area contributed by atoms with Crippen LogP contribution in [0.2, 0.25) is 0 Å². The minimum absolute atomic E-state index is 0.0261. The first kappa shape index (κ1) is 20.9. The fraction of sp³-hybridized carbons (Fsp3) is 0.480. The maximum Gasteiger partial charge on any atom is 0.254 e. The number of aryl methyl sites for hydroxylation is 2. The van der Waals surface area contributed by atoms with Crippen molar-refractivity contribution in [3.63, 3.8) is 0 Å². The summed E-state index contributed by atoms with van der Waals surface area (Å²) in [7, 11) is 0. The number of benzene rings is 1. The predicted molar refractivity (Wildman–Crippen MR) is 126 cm³/mol. The first-order valence-corrected chi connectivity index (χ1v) is 11.7. The number of amides is 1. The maximum atomic E-state index is 13.5. The van der Waals surface area contributed by atoms with Crippen molar-refractivity contribution in [2.24, 2.45) is 5.73 Å². The lowest BCUT2D eigenvalue weighted by Crippen LogP contribution is -2.39. The van der Waals surface area contributed by atoms with Gasteiger partial charge >= 0.3 is 0 Å². The number of nitrogens with two attached hydrogens (primary N) is 1. The Bertz CT molecular complexity index is 1170. The summed E-state index contributed by atoms with van der Waals surface area (Å²) in [4.78, 5) is 22.8. The molecule has 7 nitrogen and oxygen atoms in total. The maximum absolute atomic E-state index is 13.5. The van der Waals surface area contributed by atoms with Crippen LogP contribution in [0, 0.1) is 20.8 Å². The Kier molecular flexibility index (Phi) is 5.37. The van der Waals surface area contributed by atoms with Gasteiger partial charge in [-0.25, -0.2) is 9.50 Å². The van der Waals surface area contributed by atoms with Gasteiger partial charge in [0.05, 0.1) is 11.7 Å². The van der Waals surface area contributed by atoms with Crippen molar-refractivity contribution < 1.29 is 4.79 Å². The minimum atomic E-state index is -0.0261. The van der Waals surface area contributed by atoms with Crippen molar-refractivity contribution in [1.29, 1.82) is 0 Å². The molecule has 32 heavy (non-hydrogen) atoms. The summed E-state index contributed by atoms with van der Waals surface area (Å²) in [6.07, 6.45) is 6.09. The Labute approximate surface area is 189 Å². The highest BCUT2D eigenvalue weighted by molar-refractivity contribution is 5.96. The van der Waals surface area contributed by atoms with E-state index in [1.807, 2.05) is 34.7 Å². The van der Waals surface area contributed by atoms with Crippen molar-refractivity contribution in [3.8, 4) is 0 Å². The number of nitrogens with zero attached hydrogens (tertiary/aromatic N) is 5. The van der Waals surface area contributed by atoms with Gasteiger partial charge in [-0.3, -0.25) is 4.79 Å². The molecular weight excluding hydrogens is 400 g/mol. The Balaban J connectivity index is 1.48. The SMILES string of the molecule is Cc1cn2nc(C3CCCCN3C(=O)c3cccc(C)c3C)cc2nc1N1CC[C@H](N)C1. The van der Waals surface area contributed by atoms with E-state index in [2.05, 4.69) is 30.9 Å². The number of aromatic nitrogens is 3. The number of hydrogen-bond acceptors (Lipinski definition) is 5. The second kappa shape index (κ2) is 8.20. The summed E-state index contributed by atoms with van der Waals surface area (Å²) in [6.45, 7) is 8.70. The van der Waals surface area contributed by atoms with Crippen LogP contribution in [-0.4, -0.2) is 51.1 Å². The lowest BCUT2D eigenvalue weighted by Gasteiger charge is -2.35. The van der Waals surface area contributed by atoms with Gasteiger partial charge in [0.25, 0.3) is 5.91 Å². The monoisotopic (exact) mass is 432 g/mol. The fourth-order valence-corrected chi connectivity index (χ4v) is 5.10. The largest absolute Gasteiger partial charge is 0.355 e. The highest BCUT2D eigenvalue weighted by Crippen LogP contribution is 2.33. The van der Waals surface area contributed by atoms with Crippen LogP contribution in [0.1, 0.15) is 64.5 Å². The van der Waals surface area contributed by atoms with Gasteiger partial charge < -0.3 is 15.5 Å². The third-order valence-electron chi connectivity index (χ3n) is 7.09. The van der Waals surface area contributed by atoms with Crippen LogP contribution in [-0.2, 0) is 0 Å². The number of piperidine rings is 1. The zero-order valence-corrected chi connectivity index (χ0v) is 19.2. The number of carbonyl (C=O) groups excluding carboxylic acids is 1. The van der Waals surface area contributed by atoms with Gasteiger partial charge in [-0.15, -0.1) is 0 Å². The minimum Gasteiger partial charge on any atom is -0.355 e. The highest BCUT2D eigenvalue weighted by atomic mass is 16.2. The van der Waals surface area contributed by atoms with E-state index in [1.54, 1.807) is 0 Å². The number of rotatable bonds is 3. The van der Waals surface area contributed by atoms with E-state index < -0.39 is 0 Å². The van der Waals surface area contributed by atoms with Crippen molar-refractivity contribution in [2.75, 3.05) is 24.5 Å². The summed E-state index contributed by atoms with van der Waals surface area (Å²) in [5, 5.41) is 4.86. The second-order valence-electron chi connectivity index (χ2n) is 9.37. The summed E-state index contributed by atoms with van der Waals surface area (Å²) in [5.41, 5.74) is 11.9. The quantitative estimate of drug-likeness (QED) is 0.685. The van der Waals surface area contributed by atoms with Crippen LogP contribution < -0.4 is 10.6 Å². The molecule has 2 aromatic heterocycles. The van der Waals surface area contributed by atoms with Gasteiger partial charge in [0.2, 0.25) is 0 Å². The van der Waals surface area contributed by atoms with Crippen molar-refractivity contribution in [3.05, 3.63) is 58.4 Å². The molecular formula is C25H32N6O. The molecule has 0 bridgehead atoms. The van der Waals surface area contributed by atoms with Crippen LogP contribution in [0.4, 0.5) is 5.82 Å². The predicted octanol–water partition coefficient (Wildman–Crippen LogP) is 3.56. The molecule has 2 saturated heterocycles. The average Bonchev–Trinajstić information content (AvgIpc) is 3.40. The first-order chi connectivity index (χ1) is 15.4. The number of carbonyl (C=O) groups is 1. The number of likely N-dealkylation sites (tertiary alicyclic amines) is 1. The summed E-state index contributed by atoms with van der Waals surface area (Å²) < 4.78 is 1.86. The summed E-state index contributed by atoms with van der Waals surface area (Å²) >= 11 is 0. The van der Waals surface area contributed by atoms with Crippen molar-refractivity contribution >= 4 is 17.4 Å². The molecule has 168 valence electrons. The van der Waals surface area contributed by atoms with Crippen LogP contribution in [0.3, 0.4) is 0 Å². The molecule has 1 aromatic carbocycles. The molecule has 0 radical (unpaired) electrons. The zero-order chi connectivity index (χ0) is 22.4. The molecule has 1 unspecified atom stereocenters. The van der Waals surface area contributed by atoms with E-state index in [1.165, 1.54) is 0 Å². The lowest BCUT2D eigenvalue weighted by atomic mass is 9.96. The van der Waals surface area contributed by atoms with Crippen LogP contribution in [0.15, 0.2) is 30.5 Å². The molecule has 2 aliphatic rings. The molecule has 2 fully saturated rings. The Morgan fingerprint density at radius 2 is 1.94 bits per heavy atom. The number of fused-ring (bicyclic) bond motifs is 1. The molecule has 2 atom stereocenters. The van der Waals surface area contributed by atoms with E-state index in [0.717, 1.165) is 84.7 Å². The fourth-order valence-electron chi connectivity index (χ4n) is 5.10. The highest BCUT2D eigenvalue weighted by Gasteiger charge is 2.32. The molecule has 5 rings (SSSR count). The molecule has 4 heterocycles. The lowest BCUT2D eigenvalue weighted by molar-refractivity contribution is 0.0605. The average molecular weight is 433 g/mol. The Morgan fingerprint density at radius 3 is 2.72 bits per heavy atom. The molecule has 2 N–H and O–H groups in total. The van der Waals surface area contributed by atoms with Crippen molar-refractivity contribution in [1.82, 2.24) is 19.5 Å². The summed E-state index contributed by atoms with van der Waals surface area (Å²) in [5.74, 6) is 1.09. The van der Waals surface area contributed by atoms with Crippen LogP contribution in [0.5, 0.6) is 0 Å². The molecule has 7 heteroatoms. The van der Waals surface area contributed by atoms with E-state index in [4.69, 9.17) is 15.8 Å². The Hall–Kier alpha value is -2.93. The van der Waals surface area contributed by atoms with Gasteiger partial charge in [-0.05, 0) is 63.6 Å². The van der Waals surface area contributed by atoms with E-state index in [0.29, 0.717) is 0 Å². The van der Waals surface area contributed by atoms with E-state index in [9.17, 15) is 4.79 Å². The van der Waals surface area contributed by atoms with Gasteiger partial charge in [0.15, 0.2) is 5.65 Å². The zero-order valence-electron chi connectivity index (χ0n) is 19.2. The van der Waals surface area contributed by atoms with Gasteiger partial charge in [-0.2, -0.15) is 5.10 Å². The van der Waals surface area contributed by atoms with E-state index >= 15 is 0 Å². The topological polar surface area (TPSA) is 79.8 Å².